The molecule has 2 rings (SSSR count). The van der Waals surface area contributed by atoms with E-state index in [4.69, 9.17) is 25.5 Å². The molecule has 1 unspecified atom stereocenters. The van der Waals surface area contributed by atoms with Crippen LogP contribution >= 0.6 is 0 Å². The summed E-state index contributed by atoms with van der Waals surface area (Å²) in [6.07, 6.45) is -5.16. The van der Waals surface area contributed by atoms with Crippen molar-refractivity contribution in [1.29, 1.82) is 0 Å². The molecule has 0 saturated heterocycles. The average molecular weight is 342 g/mol. The van der Waals surface area contributed by atoms with Crippen LogP contribution in [-0.4, -0.2) is 72.3 Å². The first-order valence-electron chi connectivity index (χ1n) is 6.91. The quantitative estimate of drug-likeness (QED) is 0.286. The molecule has 9 nitrogen and oxygen atoms in total. The zero-order valence-corrected chi connectivity index (χ0v) is 12.4. The summed E-state index contributed by atoms with van der Waals surface area (Å²) in [5.74, 6) is -3.79. The van der Waals surface area contributed by atoms with Gasteiger partial charge in [0.25, 0.3) is 5.78 Å². The number of carboxylic acids is 2. The normalized spacial score (nSPS) is 29.1. The molecule has 9 heteroatoms. The first-order chi connectivity index (χ1) is 11.1. The highest BCUT2D eigenvalue weighted by Gasteiger charge is 2.48. The van der Waals surface area contributed by atoms with E-state index in [0.29, 0.717) is 0 Å². The van der Waals surface area contributed by atoms with Gasteiger partial charge in [-0.3, -0.25) is 4.79 Å². The van der Waals surface area contributed by atoms with Gasteiger partial charge in [0.05, 0.1) is 12.2 Å². The maximum Gasteiger partial charge on any atom is 0.377 e. The van der Waals surface area contributed by atoms with E-state index in [1.165, 1.54) is 12.1 Å². The van der Waals surface area contributed by atoms with Gasteiger partial charge < -0.3 is 30.6 Å². The fraction of sp³-hybridized carbons (Fsp3) is 0.400. The van der Waals surface area contributed by atoms with E-state index in [1.54, 1.807) is 18.2 Å². The summed E-state index contributed by atoms with van der Waals surface area (Å²) in [6, 6.07) is 7.90. The number of rotatable bonds is 3. The van der Waals surface area contributed by atoms with Gasteiger partial charge in [-0.05, 0) is 0 Å². The summed E-state index contributed by atoms with van der Waals surface area (Å²) in [6.45, 7) is 0. The molecule has 0 bridgehead atoms. The van der Waals surface area contributed by atoms with Crippen molar-refractivity contribution < 1.29 is 45.0 Å². The molecule has 1 aliphatic rings. The smallest absolute Gasteiger partial charge is 0.377 e. The van der Waals surface area contributed by atoms with Crippen molar-refractivity contribution in [3.8, 4) is 0 Å². The van der Waals surface area contributed by atoms with Crippen LogP contribution in [0.15, 0.2) is 30.3 Å². The highest BCUT2D eigenvalue weighted by Crippen LogP contribution is 2.29. The Kier molecular flexibility index (Phi) is 6.55. The molecule has 1 fully saturated rings. The number of carboxylic acid groups (broad SMARTS) is 2. The van der Waals surface area contributed by atoms with Crippen LogP contribution in [0.5, 0.6) is 0 Å². The summed E-state index contributed by atoms with van der Waals surface area (Å²) >= 11 is 0. The van der Waals surface area contributed by atoms with Crippen LogP contribution in [0.25, 0.3) is 0 Å². The second-order valence-corrected chi connectivity index (χ2v) is 5.37. The molecule has 132 valence electrons. The van der Waals surface area contributed by atoms with Crippen molar-refractivity contribution >= 4 is 17.7 Å². The molecule has 0 radical (unpaired) electrons. The van der Waals surface area contributed by atoms with Crippen molar-refractivity contribution in [2.45, 2.75) is 36.8 Å². The van der Waals surface area contributed by atoms with Gasteiger partial charge in [0, 0.05) is 18.4 Å². The third-order valence-electron chi connectivity index (χ3n) is 3.51. The monoisotopic (exact) mass is 342 g/mol. The minimum absolute atomic E-state index is 0.208. The summed E-state index contributed by atoms with van der Waals surface area (Å²) in [4.78, 5) is 31.4. The summed E-state index contributed by atoms with van der Waals surface area (Å²) < 4.78 is 0. The van der Waals surface area contributed by atoms with Gasteiger partial charge in [0.1, 0.15) is 6.10 Å². The van der Waals surface area contributed by atoms with E-state index < -0.39 is 54.5 Å². The SMILES string of the molecule is O=C(O)C(=O)c1ccccc1.O=C(O)[C@@]1(O)CC(O)[C@H](O)[C@H](O)C1. The van der Waals surface area contributed by atoms with Crippen molar-refractivity contribution in [2.75, 3.05) is 0 Å². The number of Topliss-reactive ketones (excluding diaryl/α,β-unsaturated/α-hetero) is 1. The van der Waals surface area contributed by atoms with Crippen LogP contribution in [0.3, 0.4) is 0 Å². The lowest BCUT2D eigenvalue weighted by Crippen LogP contribution is -2.56. The highest BCUT2D eigenvalue weighted by atomic mass is 16.4. The first kappa shape index (κ1) is 19.7. The molecular formula is C15H18O9. The molecular weight excluding hydrogens is 324 g/mol. The van der Waals surface area contributed by atoms with Gasteiger partial charge in [0.2, 0.25) is 0 Å². The van der Waals surface area contributed by atoms with E-state index in [0.717, 1.165) is 0 Å². The predicted octanol–water partition coefficient (Wildman–Crippen LogP) is -1.37. The van der Waals surface area contributed by atoms with Gasteiger partial charge in [-0.25, -0.2) is 9.59 Å². The number of aliphatic hydroxyl groups excluding tert-OH is 3. The Balaban J connectivity index is 0.000000243. The molecule has 1 aromatic carbocycles. The second-order valence-electron chi connectivity index (χ2n) is 5.37. The number of aliphatic carboxylic acids is 2. The zero-order valence-electron chi connectivity index (χ0n) is 12.4. The van der Waals surface area contributed by atoms with E-state index in [1.807, 2.05) is 0 Å². The Morgan fingerprint density at radius 2 is 1.38 bits per heavy atom. The van der Waals surface area contributed by atoms with Crippen LogP contribution in [0.4, 0.5) is 0 Å². The number of benzene rings is 1. The number of hydrogen-bond donors (Lipinski definition) is 6. The Morgan fingerprint density at radius 3 is 1.75 bits per heavy atom. The highest BCUT2D eigenvalue weighted by molar-refractivity contribution is 6.39. The van der Waals surface area contributed by atoms with E-state index in [-0.39, 0.29) is 5.56 Å². The minimum atomic E-state index is -2.14. The number of ketones is 1. The van der Waals surface area contributed by atoms with Crippen LogP contribution in [0.1, 0.15) is 23.2 Å². The molecule has 1 aliphatic carbocycles. The average Bonchev–Trinajstić information content (AvgIpc) is 2.53. The predicted molar refractivity (Wildman–Crippen MR) is 78.2 cm³/mol. The van der Waals surface area contributed by atoms with Gasteiger partial charge in [-0.1, -0.05) is 30.3 Å². The van der Waals surface area contributed by atoms with E-state index in [9.17, 15) is 19.5 Å². The molecule has 4 atom stereocenters. The van der Waals surface area contributed by atoms with E-state index >= 15 is 0 Å². The number of carbonyl (C=O) groups is 3. The van der Waals surface area contributed by atoms with Gasteiger partial charge >= 0.3 is 11.9 Å². The lowest BCUT2D eigenvalue weighted by Gasteiger charge is -2.37. The Hall–Kier alpha value is -2.33. The zero-order chi connectivity index (χ0) is 18.5. The maximum atomic E-state index is 10.7. The lowest BCUT2D eigenvalue weighted by atomic mass is 9.80. The van der Waals surface area contributed by atoms with Crippen LogP contribution < -0.4 is 0 Å². The van der Waals surface area contributed by atoms with Crippen molar-refractivity contribution in [1.82, 2.24) is 0 Å². The molecule has 1 aromatic rings. The summed E-state index contributed by atoms with van der Waals surface area (Å²) in [5.41, 5.74) is -1.93. The molecule has 0 aromatic heterocycles. The number of hydrogen-bond acceptors (Lipinski definition) is 7. The maximum absolute atomic E-state index is 10.7. The third-order valence-corrected chi connectivity index (χ3v) is 3.51. The lowest BCUT2D eigenvalue weighted by molar-refractivity contribution is -0.187. The Morgan fingerprint density at radius 1 is 0.917 bits per heavy atom. The van der Waals surface area contributed by atoms with Crippen molar-refractivity contribution in [3.05, 3.63) is 35.9 Å². The topological polar surface area (TPSA) is 173 Å². The van der Waals surface area contributed by atoms with Crippen molar-refractivity contribution in [2.24, 2.45) is 0 Å². The molecule has 6 N–H and O–H groups in total. The molecule has 1 saturated carbocycles. The largest absolute Gasteiger partial charge is 0.479 e. The Labute approximate surface area is 136 Å². The van der Waals surface area contributed by atoms with E-state index in [2.05, 4.69) is 0 Å². The van der Waals surface area contributed by atoms with Crippen molar-refractivity contribution in [3.63, 3.8) is 0 Å². The molecule has 0 amide bonds. The summed E-state index contributed by atoms with van der Waals surface area (Å²) in [7, 11) is 0. The number of carbonyl (C=O) groups excluding carboxylic acids is 1. The van der Waals surface area contributed by atoms with Gasteiger partial charge in [-0.2, -0.15) is 0 Å². The minimum Gasteiger partial charge on any atom is -0.479 e. The third kappa shape index (κ3) is 4.83. The molecule has 0 spiro atoms. The molecule has 24 heavy (non-hydrogen) atoms. The fourth-order valence-electron chi connectivity index (χ4n) is 2.16. The molecule has 0 aliphatic heterocycles. The summed E-state index contributed by atoms with van der Waals surface area (Å²) in [5, 5.41) is 53.5. The Bertz CT molecular complexity index is 586. The van der Waals surface area contributed by atoms with Gasteiger partial charge in [0.15, 0.2) is 5.60 Å². The standard InChI is InChI=1S/C8H6O3.C7H12O6/c9-7(8(10)11)6-4-2-1-3-5-6;8-3-1-7(13,6(11)12)2-4(9)5(3)10/h1-5H,(H,10,11);3-5,8-10,13H,1-2H2,(H,11,12)/t;3-,4?,5-,7+/m.1/s1. The van der Waals surface area contributed by atoms with Crippen LogP contribution in [0, 0.1) is 0 Å². The van der Waals surface area contributed by atoms with Crippen LogP contribution in [0.2, 0.25) is 0 Å². The molecule has 0 heterocycles. The van der Waals surface area contributed by atoms with Crippen LogP contribution in [-0.2, 0) is 9.59 Å². The van der Waals surface area contributed by atoms with Gasteiger partial charge in [-0.15, -0.1) is 0 Å². The fourth-order valence-corrected chi connectivity index (χ4v) is 2.16. The second kappa shape index (κ2) is 7.97. The number of aliphatic hydroxyl groups is 4. The first-order valence-corrected chi connectivity index (χ1v) is 6.91.